The number of methoxy groups -OCH3 is 1. The van der Waals surface area contributed by atoms with Crippen LogP contribution in [0.3, 0.4) is 0 Å². The van der Waals surface area contributed by atoms with Gasteiger partial charge in [-0.25, -0.2) is 4.79 Å². The molecule has 0 amide bonds. The maximum Gasteiger partial charge on any atom is 0.339 e. The summed E-state index contributed by atoms with van der Waals surface area (Å²) in [6.07, 6.45) is 2.49. The van der Waals surface area contributed by atoms with Crippen molar-refractivity contribution in [3.8, 4) is 0 Å². The smallest absolute Gasteiger partial charge is 0.339 e. The highest BCUT2D eigenvalue weighted by Crippen LogP contribution is 2.24. The van der Waals surface area contributed by atoms with Crippen LogP contribution < -0.4 is 0 Å². The van der Waals surface area contributed by atoms with Gasteiger partial charge in [0.2, 0.25) is 0 Å². The summed E-state index contributed by atoms with van der Waals surface area (Å²) in [6, 6.07) is 5.24. The second kappa shape index (κ2) is 7.07. The molecule has 1 aromatic carbocycles. The maximum atomic E-state index is 11.3. The van der Waals surface area contributed by atoms with E-state index in [1.807, 2.05) is 6.07 Å². The molecular formula is C15H20ClNO3. The fraction of sp³-hybridized carbons (Fsp3) is 0.533. The number of halogens is 1. The first-order chi connectivity index (χ1) is 9.61. The molecule has 1 aliphatic rings. The number of piperidine rings is 1. The minimum atomic E-state index is -1.28. The molecule has 4 nitrogen and oxygen atoms in total. The summed E-state index contributed by atoms with van der Waals surface area (Å²) < 4.78 is 4.52. The number of ether oxygens (including phenoxy) is 1. The average molecular weight is 298 g/mol. The van der Waals surface area contributed by atoms with Gasteiger partial charge in [-0.05, 0) is 43.1 Å². The van der Waals surface area contributed by atoms with Crippen LogP contribution in [0.5, 0.6) is 0 Å². The van der Waals surface area contributed by atoms with Gasteiger partial charge in [-0.15, -0.1) is 0 Å². The Labute approximate surface area is 124 Å². The maximum absolute atomic E-state index is 11.3. The van der Waals surface area contributed by atoms with E-state index in [2.05, 4.69) is 9.64 Å². The molecule has 0 aliphatic carbocycles. The number of hydrogen-bond donors (Lipinski definition) is 1. The van der Waals surface area contributed by atoms with Crippen LogP contribution in [0.25, 0.3) is 0 Å². The van der Waals surface area contributed by atoms with Crippen molar-refractivity contribution in [2.75, 3.05) is 20.2 Å². The number of likely N-dealkylation sites (tertiary alicyclic amines) is 1. The highest BCUT2D eigenvalue weighted by Gasteiger charge is 2.19. The molecule has 1 heterocycles. The van der Waals surface area contributed by atoms with Gasteiger partial charge < -0.3 is 9.84 Å². The van der Waals surface area contributed by atoms with Crippen LogP contribution in [0.4, 0.5) is 0 Å². The van der Waals surface area contributed by atoms with Crippen LogP contribution in [0.15, 0.2) is 18.2 Å². The molecule has 1 aromatic rings. The number of carbonyl (C=O) groups is 1. The molecule has 1 N–H and O–H groups in total. The fourth-order valence-electron chi connectivity index (χ4n) is 2.47. The lowest BCUT2D eigenvalue weighted by Crippen LogP contribution is -2.29. The predicted molar refractivity (Wildman–Crippen MR) is 77.6 cm³/mol. The largest absolute Gasteiger partial charge is 0.467 e. The standard InChI is InChI=1S/C15H20ClNO3/c1-20-15(19)14(18)11-5-6-12(13(16)9-11)10-17-7-3-2-4-8-17/h5-6,9,14,18H,2-4,7-8,10H2,1H3. The predicted octanol–water partition coefficient (Wildman–Crippen LogP) is 2.53. The van der Waals surface area contributed by atoms with Gasteiger partial charge in [0.25, 0.3) is 0 Å². The highest BCUT2D eigenvalue weighted by atomic mass is 35.5. The first-order valence-electron chi connectivity index (χ1n) is 6.88. The molecule has 0 spiro atoms. The van der Waals surface area contributed by atoms with E-state index in [-0.39, 0.29) is 0 Å². The third-order valence-corrected chi connectivity index (χ3v) is 4.01. The van der Waals surface area contributed by atoms with Crippen LogP contribution >= 0.6 is 11.6 Å². The Hall–Kier alpha value is -1.10. The summed E-state index contributed by atoms with van der Waals surface area (Å²) in [5, 5.41) is 10.4. The first kappa shape index (κ1) is 15.3. The van der Waals surface area contributed by atoms with Crippen LogP contribution in [0, 0.1) is 0 Å². The van der Waals surface area contributed by atoms with Gasteiger partial charge in [0, 0.05) is 11.6 Å². The van der Waals surface area contributed by atoms with E-state index in [0.29, 0.717) is 10.6 Å². The van der Waals surface area contributed by atoms with Gasteiger partial charge in [-0.3, -0.25) is 4.90 Å². The number of nitrogens with zero attached hydrogens (tertiary/aromatic N) is 1. The van der Waals surface area contributed by atoms with Crippen molar-refractivity contribution in [2.45, 2.75) is 31.9 Å². The second-order valence-corrected chi connectivity index (χ2v) is 5.52. The quantitative estimate of drug-likeness (QED) is 0.868. The zero-order chi connectivity index (χ0) is 14.5. The van der Waals surface area contributed by atoms with Crippen molar-refractivity contribution >= 4 is 17.6 Å². The van der Waals surface area contributed by atoms with Crippen molar-refractivity contribution in [1.82, 2.24) is 4.90 Å². The van der Waals surface area contributed by atoms with Crippen LogP contribution in [-0.4, -0.2) is 36.2 Å². The molecule has 0 saturated carbocycles. The zero-order valence-corrected chi connectivity index (χ0v) is 12.4. The normalized spacial score (nSPS) is 17.8. The third-order valence-electron chi connectivity index (χ3n) is 3.66. The highest BCUT2D eigenvalue weighted by molar-refractivity contribution is 6.31. The number of hydrogen-bond acceptors (Lipinski definition) is 4. The molecule has 2 rings (SSSR count). The van der Waals surface area contributed by atoms with Gasteiger partial charge in [0.05, 0.1) is 7.11 Å². The number of esters is 1. The number of benzene rings is 1. The monoisotopic (exact) mass is 297 g/mol. The number of aliphatic hydroxyl groups excluding tert-OH is 1. The van der Waals surface area contributed by atoms with Gasteiger partial charge in [0.15, 0.2) is 6.10 Å². The molecule has 110 valence electrons. The Morgan fingerprint density at radius 2 is 2.10 bits per heavy atom. The van der Waals surface area contributed by atoms with Crippen LogP contribution in [0.2, 0.25) is 5.02 Å². The molecule has 0 bridgehead atoms. The fourth-order valence-corrected chi connectivity index (χ4v) is 2.72. The van der Waals surface area contributed by atoms with Crippen molar-refractivity contribution < 1.29 is 14.6 Å². The van der Waals surface area contributed by atoms with E-state index < -0.39 is 12.1 Å². The van der Waals surface area contributed by atoms with Crippen molar-refractivity contribution in [1.29, 1.82) is 0 Å². The topological polar surface area (TPSA) is 49.8 Å². The minimum absolute atomic E-state index is 0.462. The Morgan fingerprint density at radius 1 is 1.40 bits per heavy atom. The molecule has 1 unspecified atom stereocenters. The first-order valence-corrected chi connectivity index (χ1v) is 7.26. The molecule has 5 heteroatoms. The van der Waals surface area contributed by atoms with E-state index >= 15 is 0 Å². The van der Waals surface area contributed by atoms with E-state index in [1.54, 1.807) is 12.1 Å². The SMILES string of the molecule is COC(=O)C(O)c1ccc(CN2CCCCC2)c(Cl)c1. The Kier molecular flexibility index (Phi) is 5.40. The number of rotatable bonds is 4. The molecule has 1 fully saturated rings. The molecule has 0 radical (unpaired) electrons. The molecular weight excluding hydrogens is 278 g/mol. The summed E-state index contributed by atoms with van der Waals surface area (Å²) in [5.41, 5.74) is 1.48. The number of aliphatic hydroxyl groups is 1. The summed E-state index contributed by atoms with van der Waals surface area (Å²) in [5.74, 6) is -0.676. The van der Waals surface area contributed by atoms with E-state index in [4.69, 9.17) is 11.6 Å². The van der Waals surface area contributed by atoms with Gasteiger partial charge in [0.1, 0.15) is 0 Å². The van der Waals surface area contributed by atoms with E-state index in [0.717, 1.165) is 25.2 Å². The van der Waals surface area contributed by atoms with Crippen molar-refractivity contribution in [3.05, 3.63) is 34.3 Å². The zero-order valence-electron chi connectivity index (χ0n) is 11.6. The summed E-state index contributed by atoms with van der Waals surface area (Å²) in [6.45, 7) is 3.01. The second-order valence-electron chi connectivity index (χ2n) is 5.11. The third kappa shape index (κ3) is 3.72. The lowest BCUT2D eigenvalue weighted by atomic mass is 10.1. The Morgan fingerprint density at radius 3 is 2.70 bits per heavy atom. The van der Waals surface area contributed by atoms with Gasteiger partial charge >= 0.3 is 5.97 Å². The molecule has 0 aromatic heterocycles. The van der Waals surface area contributed by atoms with Crippen LogP contribution in [0.1, 0.15) is 36.5 Å². The summed E-state index contributed by atoms with van der Waals surface area (Å²) >= 11 is 6.25. The Balaban J connectivity index is 2.07. The van der Waals surface area contributed by atoms with Crippen LogP contribution in [-0.2, 0) is 16.1 Å². The molecule has 20 heavy (non-hydrogen) atoms. The van der Waals surface area contributed by atoms with Crippen molar-refractivity contribution in [3.63, 3.8) is 0 Å². The molecule has 1 atom stereocenters. The van der Waals surface area contributed by atoms with E-state index in [9.17, 15) is 9.90 Å². The molecule has 1 saturated heterocycles. The van der Waals surface area contributed by atoms with Crippen molar-refractivity contribution in [2.24, 2.45) is 0 Å². The van der Waals surface area contributed by atoms with Gasteiger partial charge in [-0.2, -0.15) is 0 Å². The number of carbonyl (C=O) groups excluding carboxylic acids is 1. The summed E-state index contributed by atoms with van der Waals surface area (Å²) in [4.78, 5) is 13.7. The Bertz CT molecular complexity index is 472. The lowest BCUT2D eigenvalue weighted by molar-refractivity contribution is -0.150. The minimum Gasteiger partial charge on any atom is -0.467 e. The average Bonchev–Trinajstić information content (AvgIpc) is 2.48. The van der Waals surface area contributed by atoms with E-state index in [1.165, 1.54) is 26.4 Å². The molecule has 1 aliphatic heterocycles. The van der Waals surface area contributed by atoms with Gasteiger partial charge in [-0.1, -0.05) is 30.2 Å². The summed E-state index contributed by atoms with van der Waals surface area (Å²) in [7, 11) is 1.25. The lowest BCUT2D eigenvalue weighted by Gasteiger charge is -2.26.